The van der Waals surface area contributed by atoms with E-state index < -0.39 is 23.3 Å². The Morgan fingerprint density at radius 2 is 1.74 bits per heavy atom. The van der Waals surface area contributed by atoms with Gasteiger partial charge in [-0.3, -0.25) is 4.79 Å². The summed E-state index contributed by atoms with van der Waals surface area (Å²) in [7, 11) is 0. The summed E-state index contributed by atoms with van der Waals surface area (Å²) in [6.07, 6.45) is 7.24. The number of alkyl halides is 3. The molecule has 3 atom stereocenters. The van der Waals surface area contributed by atoms with Gasteiger partial charge in [-0.05, 0) is 115 Å². The van der Waals surface area contributed by atoms with Crippen molar-refractivity contribution in [1.82, 2.24) is 20.1 Å². The van der Waals surface area contributed by atoms with Crippen LogP contribution in [0.25, 0.3) is 0 Å². The Labute approximate surface area is 266 Å². The van der Waals surface area contributed by atoms with Gasteiger partial charge in [0.05, 0.1) is 0 Å². The number of nitrogens with zero attached hydrogens (tertiary/aromatic N) is 5. The molecule has 3 unspecified atom stereocenters. The van der Waals surface area contributed by atoms with E-state index in [0.29, 0.717) is 24.7 Å². The van der Waals surface area contributed by atoms with E-state index in [9.17, 15) is 22.8 Å². The molecule has 8 rings (SSSR count). The zero-order valence-electron chi connectivity index (χ0n) is 26.6. The summed E-state index contributed by atoms with van der Waals surface area (Å²) in [5.74, 6) is 1.92. The number of halogens is 3. The largest absolute Gasteiger partial charge is 0.433 e. The fraction of sp³-hybridized carbons (Fsp3) is 0.758. The van der Waals surface area contributed by atoms with E-state index in [1.165, 1.54) is 4.90 Å². The van der Waals surface area contributed by atoms with Crippen molar-refractivity contribution in [3.05, 3.63) is 29.7 Å². The van der Waals surface area contributed by atoms with Crippen molar-refractivity contribution in [3.8, 4) is 0 Å². The fourth-order valence-corrected chi connectivity index (χ4v) is 8.74. The van der Waals surface area contributed by atoms with Crippen LogP contribution in [-0.4, -0.2) is 50.4 Å². The van der Waals surface area contributed by atoms with Gasteiger partial charge in [0.1, 0.15) is 0 Å². The van der Waals surface area contributed by atoms with E-state index in [4.69, 9.17) is 25.0 Å². The average Bonchev–Trinajstić information content (AvgIpc) is 3.75. The van der Waals surface area contributed by atoms with Gasteiger partial charge in [0.25, 0.3) is 0 Å². The Hall–Kier alpha value is -3.25. The zero-order chi connectivity index (χ0) is 32.5. The highest BCUT2D eigenvalue weighted by Gasteiger charge is 2.55. The first-order valence-electron chi connectivity index (χ1n) is 16.8. The number of ether oxygens (including phenoxy) is 1. The van der Waals surface area contributed by atoms with Gasteiger partial charge in [-0.15, -0.1) is 0 Å². The van der Waals surface area contributed by atoms with E-state index in [2.05, 4.69) is 10.1 Å². The van der Waals surface area contributed by atoms with E-state index in [1.54, 1.807) is 6.20 Å². The summed E-state index contributed by atoms with van der Waals surface area (Å²) in [5.41, 5.74) is 2.84. The maximum atomic E-state index is 13.9. The van der Waals surface area contributed by atoms with E-state index in [1.807, 2.05) is 6.07 Å². The Balaban J connectivity index is 1.14. The first-order valence-corrected chi connectivity index (χ1v) is 16.8. The molecule has 250 valence electrons. The smallest absolute Gasteiger partial charge is 0.427 e. The molecule has 2 amide bonds. The number of hydrogen-bond acceptors (Lipinski definition) is 8. The highest BCUT2D eigenvalue weighted by Crippen LogP contribution is 2.58. The monoisotopic (exact) mass is 644 g/mol. The molecule has 2 N–H and O–H groups in total. The number of carbonyl (C=O) groups is 2. The summed E-state index contributed by atoms with van der Waals surface area (Å²) in [4.78, 5) is 41.3. The van der Waals surface area contributed by atoms with E-state index in [-0.39, 0.29) is 41.1 Å². The van der Waals surface area contributed by atoms with Gasteiger partial charge in [-0.25, -0.2) is 19.7 Å². The number of rotatable bonds is 8. The lowest BCUT2D eigenvalue weighted by atomic mass is 9.53. The first-order chi connectivity index (χ1) is 21.7. The van der Waals surface area contributed by atoms with Crippen LogP contribution >= 0.6 is 0 Å². The normalized spacial score (nSPS) is 32.6. The molecule has 2 aromatic rings. The lowest BCUT2D eigenvalue weighted by Gasteiger charge is -2.52. The van der Waals surface area contributed by atoms with Crippen molar-refractivity contribution < 1.29 is 32.0 Å². The standard InChI is InChI=1S/C33H43F3N6O4/c1-29(2,33(34,35)36)45-28(44)42(19-30-11-14-31(15-12-30,16-13-30)26-40-24(41-46-26)20-5-6-20)27-38-17-8-23(39-27)22-7-10-32(25(37)43)9-3-4-21(22)18-32/h8,17,20-22H,3-7,9-16,18-19H2,1-2H3,(H2,37,43). The molecule has 2 aromatic heterocycles. The first kappa shape index (κ1) is 31.4. The second-order valence-electron chi connectivity index (χ2n) is 15.4. The fourth-order valence-electron chi connectivity index (χ4n) is 8.74. The third-order valence-corrected chi connectivity index (χ3v) is 12.2. The van der Waals surface area contributed by atoms with Gasteiger partial charge < -0.3 is 15.0 Å². The van der Waals surface area contributed by atoms with Gasteiger partial charge in [-0.2, -0.15) is 18.2 Å². The van der Waals surface area contributed by atoms with Crippen molar-refractivity contribution in [3.63, 3.8) is 0 Å². The maximum absolute atomic E-state index is 13.9. The average molecular weight is 645 g/mol. The minimum atomic E-state index is -4.76. The minimum absolute atomic E-state index is 0.0390. The van der Waals surface area contributed by atoms with Gasteiger partial charge in [0, 0.05) is 41.1 Å². The molecular weight excluding hydrogens is 601 g/mol. The van der Waals surface area contributed by atoms with Gasteiger partial charge in [-0.1, -0.05) is 11.6 Å². The number of aromatic nitrogens is 4. The van der Waals surface area contributed by atoms with E-state index in [0.717, 1.165) is 102 Å². The number of amides is 2. The van der Waals surface area contributed by atoms with Crippen LogP contribution in [0.15, 0.2) is 16.8 Å². The summed E-state index contributed by atoms with van der Waals surface area (Å²) in [6, 6.07) is 1.82. The quantitative estimate of drug-likeness (QED) is 0.329. The molecule has 0 aromatic carbocycles. The number of hydrogen-bond donors (Lipinski definition) is 1. The maximum Gasteiger partial charge on any atom is 0.427 e. The van der Waals surface area contributed by atoms with Crippen molar-refractivity contribution in [2.24, 2.45) is 22.5 Å². The molecule has 4 bridgehead atoms. The van der Waals surface area contributed by atoms with E-state index >= 15 is 0 Å². The second kappa shape index (κ2) is 10.9. The van der Waals surface area contributed by atoms with Crippen LogP contribution in [0.4, 0.5) is 23.9 Å². The molecule has 0 radical (unpaired) electrons. The zero-order valence-corrected chi connectivity index (χ0v) is 26.6. The molecule has 6 fully saturated rings. The van der Waals surface area contributed by atoms with Crippen molar-refractivity contribution in [2.45, 2.75) is 133 Å². The summed E-state index contributed by atoms with van der Waals surface area (Å²) in [5, 5.41) is 4.24. The third kappa shape index (κ3) is 5.44. The summed E-state index contributed by atoms with van der Waals surface area (Å²) in [6.45, 7) is 1.85. The molecule has 0 aliphatic heterocycles. The Morgan fingerprint density at radius 3 is 2.39 bits per heavy atom. The van der Waals surface area contributed by atoms with Crippen LogP contribution in [-0.2, 0) is 14.9 Å². The highest BCUT2D eigenvalue weighted by molar-refractivity contribution is 5.86. The molecule has 6 saturated carbocycles. The van der Waals surface area contributed by atoms with Crippen LogP contribution in [0, 0.1) is 16.7 Å². The molecule has 2 heterocycles. The number of carbonyl (C=O) groups excluding carboxylic acids is 2. The SMILES string of the molecule is CC(C)(OC(=O)N(CC12CCC(c3nc(C4CC4)no3)(CC1)CC2)c1nccc(C2CCC3(C(N)=O)CCCC2C3)n1)C(F)(F)F. The van der Waals surface area contributed by atoms with Crippen LogP contribution in [0.3, 0.4) is 0 Å². The van der Waals surface area contributed by atoms with Crippen molar-refractivity contribution >= 4 is 17.9 Å². The predicted molar refractivity (Wildman–Crippen MR) is 160 cm³/mol. The Morgan fingerprint density at radius 1 is 1.02 bits per heavy atom. The highest BCUT2D eigenvalue weighted by atomic mass is 19.4. The lowest BCUT2D eigenvalue weighted by molar-refractivity contribution is -0.243. The molecule has 0 spiro atoms. The molecule has 13 heteroatoms. The molecule has 6 aliphatic carbocycles. The van der Waals surface area contributed by atoms with Crippen molar-refractivity contribution in [2.75, 3.05) is 11.4 Å². The molecular formula is C33H43F3N6O4. The minimum Gasteiger partial charge on any atom is -0.433 e. The van der Waals surface area contributed by atoms with Crippen LogP contribution < -0.4 is 10.6 Å². The van der Waals surface area contributed by atoms with Gasteiger partial charge >= 0.3 is 12.3 Å². The summed E-state index contributed by atoms with van der Waals surface area (Å²) >= 11 is 0. The summed E-state index contributed by atoms with van der Waals surface area (Å²) < 4.78 is 52.5. The van der Waals surface area contributed by atoms with Crippen LogP contribution in [0.2, 0.25) is 0 Å². The van der Waals surface area contributed by atoms with Crippen molar-refractivity contribution in [1.29, 1.82) is 0 Å². The second-order valence-corrected chi connectivity index (χ2v) is 15.4. The van der Waals surface area contributed by atoms with Gasteiger partial charge in [0.2, 0.25) is 23.3 Å². The topological polar surface area (TPSA) is 137 Å². The number of nitrogens with two attached hydrogens (primary N) is 1. The number of primary amides is 1. The predicted octanol–water partition coefficient (Wildman–Crippen LogP) is 6.85. The van der Waals surface area contributed by atoms with Crippen LogP contribution in [0.1, 0.15) is 133 Å². The lowest BCUT2D eigenvalue weighted by Crippen LogP contribution is -2.53. The number of anilines is 1. The molecule has 10 nitrogen and oxygen atoms in total. The number of fused-ring (bicyclic) bond motifs is 5. The molecule has 0 saturated heterocycles. The van der Waals surface area contributed by atoms with Gasteiger partial charge in [0.15, 0.2) is 5.82 Å². The Bertz CT molecular complexity index is 1480. The third-order valence-electron chi connectivity index (χ3n) is 12.2. The Kier molecular flexibility index (Phi) is 7.43. The molecule has 6 aliphatic rings. The molecule has 46 heavy (non-hydrogen) atoms. The van der Waals surface area contributed by atoms with Crippen LogP contribution in [0.5, 0.6) is 0 Å².